The quantitative estimate of drug-likeness (QED) is 0.814. The van der Waals surface area contributed by atoms with Crippen LogP contribution in [0.3, 0.4) is 0 Å². The van der Waals surface area contributed by atoms with Crippen LogP contribution < -0.4 is 10.6 Å². The molecule has 20 heavy (non-hydrogen) atoms. The molecule has 1 rings (SSSR count). The zero-order valence-corrected chi connectivity index (χ0v) is 12.4. The fourth-order valence-corrected chi connectivity index (χ4v) is 1.88. The van der Waals surface area contributed by atoms with Crippen LogP contribution in [0.4, 0.5) is 10.5 Å². The first-order valence-corrected chi connectivity index (χ1v) is 6.64. The molecule has 0 saturated carbocycles. The van der Waals surface area contributed by atoms with Crippen molar-refractivity contribution in [3.05, 3.63) is 29.8 Å². The molecule has 0 bridgehead atoms. The minimum atomic E-state index is -0.634. The lowest BCUT2D eigenvalue weighted by Gasteiger charge is -2.18. The summed E-state index contributed by atoms with van der Waals surface area (Å²) in [6.07, 6.45) is 0.536. The lowest BCUT2D eigenvalue weighted by Crippen LogP contribution is -2.44. The Morgan fingerprint density at radius 2 is 2.00 bits per heavy atom. The highest BCUT2D eigenvalue weighted by molar-refractivity contribution is 5.92. The van der Waals surface area contributed by atoms with Crippen LogP contribution in [-0.4, -0.2) is 25.2 Å². The molecule has 1 atom stereocenters. The van der Waals surface area contributed by atoms with Crippen LogP contribution in [0.25, 0.3) is 0 Å². The predicted octanol–water partition coefficient (Wildman–Crippen LogP) is 2.70. The number of carbonyl (C=O) groups is 2. The average Bonchev–Trinajstić information content (AvgIpc) is 2.36. The Bertz CT molecular complexity index is 472. The number of carbonyl (C=O) groups excluding carboxylic acids is 2. The van der Waals surface area contributed by atoms with E-state index in [0.29, 0.717) is 12.1 Å². The van der Waals surface area contributed by atoms with E-state index in [-0.39, 0.29) is 5.92 Å². The molecule has 0 saturated heterocycles. The summed E-state index contributed by atoms with van der Waals surface area (Å²) in [5.74, 6) is -0.156. The highest BCUT2D eigenvalue weighted by atomic mass is 16.5. The van der Waals surface area contributed by atoms with Gasteiger partial charge in [0.2, 0.25) is 0 Å². The van der Waals surface area contributed by atoms with Crippen LogP contribution in [-0.2, 0) is 9.53 Å². The minimum absolute atomic E-state index is 0.276. The third-order valence-corrected chi connectivity index (χ3v) is 2.77. The first kappa shape index (κ1) is 16.0. The fraction of sp³-hybridized carbons (Fsp3) is 0.467. The molecular weight excluding hydrogens is 256 g/mol. The smallest absolute Gasteiger partial charge is 0.328 e. The Labute approximate surface area is 119 Å². The molecule has 110 valence electrons. The maximum absolute atomic E-state index is 11.9. The molecule has 5 nitrogen and oxygen atoms in total. The van der Waals surface area contributed by atoms with E-state index in [9.17, 15) is 9.59 Å². The lowest BCUT2D eigenvalue weighted by molar-refractivity contribution is -0.143. The van der Waals surface area contributed by atoms with E-state index >= 15 is 0 Å². The van der Waals surface area contributed by atoms with E-state index in [1.165, 1.54) is 7.11 Å². The van der Waals surface area contributed by atoms with Gasteiger partial charge in [0.15, 0.2) is 0 Å². The number of methoxy groups -OCH3 is 1. The highest BCUT2D eigenvalue weighted by Gasteiger charge is 2.22. The second kappa shape index (κ2) is 7.53. The van der Waals surface area contributed by atoms with Gasteiger partial charge in [0.1, 0.15) is 6.04 Å². The second-order valence-electron chi connectivity index (χ2n) is 5.17. The summed E-state index contributed by atoms with van der Waals surface area (Å²) in [5.41, 5.74) is 1.74. The Balaban J connectivity index is 2.64. The molecular formula is C15H22N2O3. The van der Waals surface area contributed by atoms with Gasteiger partial charge < -0.3 is 15.4 Å². The largest absolute Gasteiger partial charge is 0.467 e. The predicted molar refractivity (Wildman–Crippen MR) is 78.6 cm³/mol. The zero-order chi connectivity index (χ0) is 15.1. The Hall–Kier alpha value is -2.04. The van der Waals surface area contributed by atoms with Crippen LogP contribution in [0.2, 0.25) is 0 Å². The maximum Gasteiger partial charge on any atom is 0.328 e. The number of aryl methyl sites for hydroxylation is 1. The Morgan fingerprint density at radius 3 is 2.55 bits per heavy atom. The van der Waals surface area contributed by atoms with E-state index in [1.54, 1.807) is 6.07 Å². The van der Waals surface area contributed by atoms with Crippen LogP contribution >= 0.6 is 0 Å². The number of nitrogens with one attached hydrogen (secondary N) is 2. The number of esters is 1. The molecule has 0 aromatic heterocycles. The summed E-state index contributed by atoms with van der Waals surface area (Å²) in [7, 11) is 1.32. The van der Waals surface area contributed by atoms with E-state index < -0.39 is 18.0 Å². The molecule has 0 unspecified atom stereocenters. The molecule has 1 aromatic carbocycles. The van der Waals surface area contributed by atoms with E-state index in [0.717, 1.165) is 5.56 Å². The number of anilines is 1. The van der Waals surface area contributed by atoms with E-state index in [1.807, 2.05) is 39.0 Å². The maximum atomic E-state index is 11.9. The van der Waals surface area contributed by atoms with Crippen LogP contribution in [0.5, 0.6) is 0 Å². The Morgan fingerprint density at radius 1 is 1.30 bits per heavy atom. The molecule has 0 radical (unpaired) electrons. The number of rotatable bonds is 5. The second-order valence-corrected chi connectivity index (χ2v) is 5.17. The summed E-state index contributed by atoms with van der Waals surface area (Å²) in [6, 6.07) is 6.41. The van der Waals surface area contributed by atoms with Crippen molar-refractivity contribution in [1.82, 2.24) is 5.32 Å². The summed E-state index contributed by atoms with van der Waals surface area (Å²) in [6.45, 7) is 5.91. The van der Waals surface area contributed by atoms with Crippen LogP contribution in [0.1, 0.15) is 25.8 Å². The SMILES string of the molecule is COC(=O)[C@@H](CC(C)C)NC(=O)Nc1cccc(C)c1. The van der Waals surface area contributed by atoms with Gasteiger partial charge >= 0.3 is 12.0 Å². The lowest BCUT2D eigenvalue weighted by atomic mass is 10.0. The van der Waals surface area contributed by atoms with Gasteiger partial charge in [-0.05, 0) is 37.0 Å². The molecule has 0 spiro atoms. The third kappa shape index (κ3) is 5.30. The molecule has 2 amide bonds. The van der Waals surface area contributed by atoms with Gasteiger partial charge in [0.05, 0.1) is 7.11 Å². The topological polar surface area (TPSA) is 67.4 Å². The van der Waals surface area contributed by atoms with Crippen molar-refractivity contribution in [2.45, 2.75) is 33.2 Å². The van der Waals surface area contributed by atoms with Crippen molar-refractivity contribution < 1.29 is 14.3 Å². The molecule has 5 heteroatoms. The van der Waals surface area contributed by atoms with Crippen molar-refractivity contribution >= 4 is 17.7 Å². The average molecular weight is 278 g/mol. The van der Waals surface area contributed by atoms with Crippen LogP contribution in [0, 0.1) is 12.8 Å². The first-order chi connectivity index (χ1) is 9.42. The van der Waals surface area contributed by atoms with Crippen molar-refractivity contribution in [2.75, 3.05) is 12.4 Å². The zero-order valence-electron chi connectivity index (χ0n) is 12.4. The number of ether oxygens (including phenoxy) is 1. The van der Waals surface area contributed by atoms with Gasteiger partial charge in [-0.2, -0.15) is 0 Å². The highest BCUT2D eigenvalue weighted by Crippen LogP contribution is 2.10. The van der Waals surface area contributed by atoms with Crippen molar-refractivity contribution in [3.63, 3.8) is 0 Å². The molecule has 0 aliphatic rings. The summed E-state index contributed by atoms with van der Waals surface area (Å²) < 4.78 is 4.70. The molecule has 0 aliphatic heterocycles. The van der Waals surface area contributed by atoms with Crippen LogP contribution in [0.15, 0.2) is 24.3 Å². The molecule has 0 heterocycles. The molecule has 0 aliphatic carbocycles. The summed E-state index contributed by atoms with van der Waals surface area (Å²) >= 11 is 0. The summed E-state index contributed by atoms with van der Waals surface area (Å²) in [4.78, 5) is 23.5. The first-order valence-electron chi connectivity index (χ1n) is 6.64. The number of hydrogen-bond acceptors (Lipinski definition) is 3. The van der Waals surface area contributed by atoms with Crippen molar-refractivity contribution in [2.24, 2.45) is 5.92 Å². The Kier molecular flexibility index (Phi) is 6.03. The summed E-state index contributed by atoms with van der Waals surface area (Å²) in [5, 5.41) is 5.35. The monoisotopic (exact) mass is 278 g/mol. The number of benzene rings is 1. The third-order valence-electron chi connectivity index (χ3n) is 2.77. The van der Waals surface area contributed by atoms with Crippen molar-refractivity contribution in [1.29, 1.82) is 0 Å². The molecule has 0 fully saturated rings. The molecule has 2 N–H and O–H groups in total. The van der Waals surface area contributed by atoms with Gasteiger partial charge in [-0.15, -0.1) is 0 Å². The minimum Gasteiger partial charge on any atom is -0.467 e. The van der Waals surface area contributed by atoms with Gasteiger partial charge in [-0.3, -0.25) is 0 Å². The normalized spacial score (nSPS) is 11.8. The van der Waals surface area contributed by atoms with E-state index in [4.69, 9.17) is 4.74 Å². The number of hydrogen-bond donors (Lipinski definition) is 2. The van der Waals surface area contributed by atoms with E-state index in [2.05, 4.69) is 10.6 Å². The van der Waals surface area contributed by atoms with Gasteiger partial charge in [0.25, 0.3) is 0 Å². The molecule has 1 aromatic rings. The van der Waals surface area contributed by atoms with Gasteiger partial charge in [-0.25, -0.2) is 9.59 Å². The standard InChI is InChI=1S/C15H22N2O3/c1-10(2)8-13(14(18)20-4)17-15(19)16-12-7-5-6-11(3)9-12/h5-7,9-10,13H,8H2,1-4H3,(H2,16,17,19)/t13-/m1/s1. The van der Waals surface area contributed by atoms with Gasteiger partial charge in [-0.1, -0.05) is 26.0 Å². The number of amides is 2. The fourth-order valence-electron chi connectivity index (χ4n) is 1.88. The number of urea groups is 1. The van der Waals surface area contributed by atoms with Gasteiger partial charge in [0, 0.05) is 5.69 Å². The van der Waals surface area contributed by atoms with Crippen molar-refractivity contribution in [3.8, 4) is 0 Å².